The summed E-state index contributed by atoms with van der Waals surface area (Å²) in [5.41, 5.74) is 1.44. The second-order valence-electron chi connectivity index (χ2n) is 6.10. The molecule has 0 unspecified atom stereocenters. The monoisotopic (exact) mass is 333 g/mol. The molecular formula is C19H19N5O. The molecule has 1 saturated heterocycles. The maximum atomic E-state index is 12.2. The highest BCUT2D eigenvalue weighted by Gasteiger charge is 2.18. The molecule has 2 aromatic heterocycles. The number of benzene rings is 1. The Kier molecular flexibility index (Phi) is 4.24. The smallest absolute Gasteiger partial charge is 0.253 e. The molecule has 6 nitrogen and oxygen atoms in total. The lowest BCUT2D eigenvalue weighted by atomic mass is 10.2. The molecule has 1 aliphatic rings. The van der Waals surface area contributed by atoms with Crippen LogP contribution < -0.4 is 10.2 Å². The van der Waals surface area contributed by atoms with Crippen LogP contribution in [0.4, 0.5) is 5.82 Å². The lowest BCUT2D eigenvalue weighted by Crippen LogP contribution is -2.25. The molecule has 1 fully saturated rings. The predicted octanol–water partition coefficient (Wildman–Crippen LogP) is 2.56. The summed E-state index contributed by atoms with van der Waals surface area (Å²) in [6.07, 6.45) is 5.56. The van der Waals surface area contributed by atoms with E-state index in [9.17, 15) is 4.79 Å². The predicted molar refractivity (Wildman–Crippen MR) is 96.4 cm³/mol. The molecule has 126 valence electrons. The Morgan fingerprint density at radius 3 is 2.72 bits per heavy atom. The normalized spacial score (nSPS) is 14.0. The third kappa shape index (κ3) is 3.28. The van der Waals surface area contributed by atoms with Crippen molar-refractivity contribution in [2.75, 3.05) is 18.0 Å². The summed E-state index contributed by atoms with van der Waals surface area (Å²) in [5, 5.41) is 3.94. The molecule has 0 aliphatic carbocycles. The molecule has 0 radical (unpaired) electrons. The number of rotatable bonds is 4. The van der Waals surface area contributed by atoms with Crippen LogP contribution in [-0.2, 0) is 6.54 Å². The highest BCUT2D eigenvalue weighted by atomic mass is 16.1. The first kappa shape index (κ1) is 15.5. The van der Waals surface area contributed by atoms with Crippen LogP contribution in [0.15, 0.2) is 48.8 Å². The van der Waals surface area contributed by atoms with E-state index >= 15 is 0 Å². The topological polar surface area (TPSA) is 71.0 Å². The van der Waals surface area contributed by atoms with E-state index in [2.05, 4.69) is 26.3 Å². The van der Waals surface area contributed by atoms with Gasteiger partial charge in [0, 0.05) is 30.9 Å². The van der Waals surface area contributed by atoms with Crippen LogP contribution in [-0.4, -0.2) is 33.9 Å². The van der Waals surface area contributed by atoms with Gasteiger partial charge >= 0.3 is 0 Å². The number of nitrogens with one attached hydrogen (secondary N) is 1. The third-order valence-corrected chi connectivity index (χ3v) is 4.37. The number of pyridine rings is 1. The summed E-state index contributed by atoms with van der Waals surface area (Å²) in [5.74, 6) is 1.42. The maximum Gasteiger partial charge on any atom is 0.253 e. The molecule has 0 bridgehead atoms. The van der Waals surface area contributed by atoms with Gasteiger partial charge in [0.2, 0.25) is 0 Å². The Morgan fingerprint density at radius 1 is 1.08 bits per heavy atom. The summed E-state index contributed by atoms with van der Waals surface area (Å²) >= 11 is 0. The Morgan fingerprint density at radius 2 is 1.92 bits per heavy atom. The average molecular weight is 333 g/mol. The molecule has 1 N–H and O–H groups in total. The number of carbonyl (C=O) groups is 1. The van der Waals surface area contributed by atoms with Crippen molar-refractivity contribution in [2.24, 2.45) is 0 Å². The summed E-state index contributed by atoms with van der Waals surface area (Å²) in [6, 6.07) is 11.5. The molecule has 1 aliphatic heterocycles. The highest BCUT2D eigenvalue weighted by Crippen LogP contribution is 2.26. The second kappa shape index (κ2) is 6.84. The third-order valence-electron chi connectivity index (χ3n) is 4.37. The molecule has 0 spiro atoms. The molecule has 4 rings (SSSR count). The zero-order valence-corrected chi connectivity index (χ0v) is 13.9. The van der Waals surface area contributed by atoms with Gasteiger partial charge in [-0.1, -0.05) is 12.1 Å². The van der Waals surface area contributed by atoms with E-state index in [0.29, 0.717) is 17.9 Å². The van der Waals surface area contributed by atoms with Crippen molar-refractivity contribution < 1.29 is 4.79 Å². The van der Waals surface area contributed by atoms with Crippen molar-refractivity contribution in [3.63, 3.8) is 0 Å². The number of fused-ring (bicyclic) bond motifs is 1. The number of hydrogen-bond acceptors (Lipinski definition) is 5. The van der Waals surface area contributed by atoms with Gasteiger partial charge in [0.25, 0.3) is 5.91 Å². The Labute approximate surface area is 145 Å². The molecule has 0 atom stereocenters. The van der Waals surface area contributed by atoms with E-state index < -0.39 is 0 Å². The minimum Gasteiger partial charge on any atom is -0.356 e. The van der Waals surface area contributed by atoms with Crippen LogP contribution >= 0.6 is 0 Å². The number of carbonyl (C=O) groups excluding carboxylic acids is 1. The van der Waals surface area contributed by atoms with Crippen molar-refractivity contribution in [3.05, 3.63) is 60.2 Å². The summed E-state index contributed by atoms with van der Waals surface area (Å²) in [7, 11) is 0. The first-order valence-electron chi connectivity index (χ1n) is 8.50. The van der Waals surface area contributed by atoms with Crippen LogP contribution in [0.2, 0.25) is 0 Å². The number of hydrogen-bond donors (Lipinski definition) is 1. The van der Waals surface area contributed by atoms with Crippen LogP contribution in [0, 0.1) is 0 Å². The molecule has 6 heteroatoms. The summed E-state index contributed by atoms with van der Waals surface area (Å²) < 4.78 is 0. The Balaban J connectivity index is 1.60. The van der Waals surface area contributed by atoms with E-state index in [0.717, 1.165) is 29.8 Å². The quantitative estimate of drug-likeness (QED) is 0.794. The van der Waals surface area contributed by atoms with Crippen molar-refractivity contribution in [3.8, 4) is 0 Å². The molecule has 1 aromatic carbocycles. The minimum absolute atomic E-state index is 0.174. The fraction of sp³-hybridized carbons (Fsp3) is 0.263. The van der Waals surface area contributed by atoms with Crippen LogP contribution in [0.5, 0.6) is 0 Å². The number of nitrogens with zero attached hydrogens (tertiary/aromatic N) is 4. The van der Waals surface area contributed by atoms with Gasteiger partial charge < -0.3 is 10.2 Å². The van der Waals surface area contributed by atoms with Gasteiger partial charge in [-0.05, 0) is 37.1 Å². The van der Waals surface area contributed by atoms with Gasteiger partial charge in [0.1, 0.15) is 5.82 Å². The molecule has 25 heavy (non-hydrogen) atoms. The first-order chi connectivity index (χ1) is 12.3. The number of aromatic nitrogens is 3. The van der Waals surface area contributed by atoms with Crippen LogP contribution in [0.1, 0.15) is 29.0 Å². The molecule has 3 aromatic rings. The maximum absolute atomic E-state index is 12.2. The lowest BCUT2D eigenvalue weighted by Gasteiger charge is -2.19. The molecule has 0 saturated carbocycles. The standard InChI is InChI=1S/C19H19N5O/c25-19(14-6-5-9-20-12-14)21-13-17-22-16-8-2-1-7-15(16)18(23-17)24-10-3-4-11-24/h1-2,5-9,12H,3-4,10-11,13H2,(H,21,25). The van der Waals surface area contributed by atoms with Crippen LogP contribution in [0.25, 0.3) is 10.9 Å². The van der Waals surface area contributed by atoms with Crippen molar-refractivity contribution in [1.82, 2.24) is 20.3 Å². The zero-order valence-electron chi connectivity index (χ0n) is 13.9. The van der Waals surface area contributed by atoms with Gasteiger partial charge in [0.05, 0.1) is 17.6 Å². The number of anilines is 1. The fourth-order valence-electron chi connectivity index (χ4n) is 3.11. The number of para-hydroxylation sites is 1. The molecule has 3 heterocycles. The average Bonchev–Trinajstić information content (AvgIpc) is 3.20. The SMILES string of the molecule is O=C(NCc1nc(N2CCCC2)c2ccccc2n1)c1cccnc1. The van der Waals surface area contributed by atoms with Crippen molar-refractivity contribution >= 4 is 22.6 Å². The van der Waals surface area contributed by atoms with Gasteiger partial charge in [-0.25, -0.2) is 9.97 Å². The Bertz CT molecular complexity index is 891. The van der Waals surface area contributed by atoms with Crippen molar-refractivity contribution in [1.29, 1.82) is 0 Å². The van der Waals surface area contributed by atoms with Gasteiger partial charge in [-0.15, -0.1) is 0 Å². The van der Waals surface area contributed by atoms with Gasteiger partial charge in [0.15, 0.2) is 5.82 Å². The van der Waals surface area contributed by atoms with E-state index in [1.165, 1.54) is 12.8 Å². The summed E-state index contributed by atoms with van der Waals surface area (Å²) in [6.45, 7) is 2.32. The first-order valence-corrected chi connectivity index (χ1v) is 8.50. The highest BCUT2D eigenvalue weighted by molar-refractivity contribution is 5.94. The van der Waals surface area contributed by atoms with E-state index in [-0.39, 0.29) is 5.91 Å². The van der Waals surface area contributed by atoms with E-state index in [1.807, 2.05) is 18.2 Å². The molecule has 1 amide bonds. The largest absolute Gasteiger partial charge is 0.356 e. The lowest BCUT2D eigenvalue weighted by molar-refractivity contribution is 0.0949. The molecular weight excluding hydrogens is 314 g/mol. The van der Waals surface area contributed by atoms with Crippen molar-refractivity contribution in [2.45, 2.75) is 19.4 Å². The number of amides is 1. The van der Waals surface area contributed by atoms with E-state index in [1.54, 1.807) is 24.5 Å². The van der Waals surface area contributed by atoms with Gasteiger partial charge in [-0.3, -0.25) is 9.78 Å². The van der Waals surface area contributed by atoms with Crippen LogP contribution in [0.3, 0.4) is 0 Å². The minimum atomic E-state index is -0.174. The summed E-state index contributed by atoms with van der Waals surface area (Å²) in [4.78, 5) is 27.8. The Hall–Kier alpha value is -3.02. The zero-order chi connectivity index (χ0) is 17.1. The van der Waals surface area contributed by atoms with Gasteiger partial charge in [-0.2, -0.15) is 0 Å². The van der Waals surface area contributed by atoms with E-state index in [4.69, 9.17) is 4.98 Å². The second-order valence-corrected chi connectivity index (χ2v) is 6.10. The fourth-order valence-corrected chi connectivity index (χ4v) is 3.11.